The Morgan fingerprint density at radius 3 is 2.21 bits per heavy atom. The van der Waals surface area contributed by atoms with Gasteiger partial charge in [-0.25, -0.2) is 0 Å². The van der Waals surface area contributed by atoms with Crippen LogP contribution in [0.4, 0.5) is 18.9 Å². The number of benzene rings is 2. The van der Waals surface area contributed by atoms with Gasteiger partial charge in [-0.1, -0.05) is 48.5 Å². The van der Waals surface area contributed by atoms with Gasteiger partial charge in [0.2, 0.25) is 17.7 Å². The van der Waals surface area contributed by atoms with Crippen LogP contribution in [0.15, 0.2) is 104 Å². The van der Waals surface area contributed by atoms with Crippen LogP contribution in [0.25, 0.3) is 6.08 Å². The summed E-state index contributed by atoms with van der Waals surface area (Å²) in [4.78, 5) is 54.8. The number of piperazine rings is 1. The lowest BCUT2D eigenvalue weighted by Crippen LogP contribution is -2.51. The quantitative estimate of drug-likeness (QED) is 0.125. The molecular formula is C40H43F3N6O4. The second kappa shape index (κ2) is 18.3. The molecule has 3 heterocycles. The van der Waals surface area contributed by atoms with Gasteiger partial charge in [-0.05, 0) is 58.7 Å². The summed E-state index contributed by atoms with van der Waals surface area (Å²) in [5.41, 5.74) is 2.83. The largest absolute Gasteiger partial charge is 0.433 e. The maximum absolute atomic E-state index is 14.3. The number of carbonyl (C=O) groups is 3. The molecule has 1 saturated heterocycles. The molecule has 0 spiro atoms. The minimum Gasteiger partial charge on any atom is -0.375 e. The highest BCUT2D eigenvalue weighted by atomic mass is 19.4. The van der Waals surface area contributed by atoms with E-state index < -0.39 is 23.8 Å². The molecule has 5 rings (SSSR count). The molecule has 0 saturated carbocycles. The number of ether oxygens (including phenoxy) is 1. The highest BCUT2D eigenvalue weighted by molar-refractivity contribution is 5.95. The van der Waals surface area contributed by atoms with E-state index in [-0.39, 0.29) is 37.9 Å². The number of hydrogen-bond acceptors (Lipinski definition) is 7. The number of pyridine rings is 2. The van der Waals surface area contributed by atoms with Crippen LogP contribution in [-0.4, -0.2) is 94.8 Å². The molecule has 0 unspecified atom stereocenters. The van der Waals surface area contributed by atoms with Crippen LogP contribution in [0.1, 0.15) is 34.9 Å². The van der Waals surface area contributed by atoms with Crippen LogP contribution in [0.2, 0.25) is 0 Å². The number of aromatic nitrogens is 2. The fourth-order valence-electron chi connectivity index (χ4n) is 5.97. The Bertz CT molecular complexity index is 1820. The number of anilines is 1. The molecule has 2 aromatic heterocycles. The number of amides is 3. The lowest BCUT2D eigenvalue weighted by molar-refractivity contribution is -0.143. The van der Waals surface area contributed by atoms with E-state index in [1.807, 2.05) is 71.6 Å². The Hall–Kier alpha value is -5.56. The molecule has 53 heavy (non-hydrogen) atoms. The molecule has 278 valence electrons. The van der Waals surface area contributed by atoms with Crippen LogP contribution in [0, 0.1) is 0 Å². The summed E-state index contributed by atoms with van der Waals surface area (Å²) >= 11 is 0. The zero-order valence-electron chi connectivity index (χ0n) is 29.8. The molecule has 0 N–H and O–H groups in total. The topological polar surface area (TPSA) is 99.2 Å². The fourth-order valence-corrected chi connectivity index (χ4v) is 5.97. The van der Waals surface area contributed by atoms with E-state index in [1.165, 1.54) is 23.1 Å². The number of alkyl halides is 3. The van der Waals surface area contributed by atoms with Crippen molar-refractivity contribution in [1.82, 2.24) is 24.7 Å². The minimum absolute atomic E-state index is 0.0520. The number of carbonyl (C=O) groups excluding carboxylic acids is 3. The normalized spacial score (nSPS) is 13.9. The van der Waals surface area contributed by atoms with Crippen molar-refractivity contribution in [3.05, 3.63) is 131 Å². The molecule has 13 heteroatoms. The van der Waals surface area contributed by atoms with Gasteiger partial charge in [0.05, 0.1) is 13.2 Å². The average molecular weight is 729 g/mol. The predicted molar refractivity (Wildman–Crippen MR) is 195 cm³/mol. The average Bonchev–Trinajstić information content (AvgIpc) is 3.17. The first kappa shape index (κ1) is 38.7. The van der Waals surface area contributed by atoms with Crippen LogP contribution >= 0.6 is 0 Å². The van der Waals surface area contributed by atoms with E-state index in [1.54, 1.807) is 31.3 Å². The molecule has 0 bridgehead atoms. The SMILES string of the molecule is CC(=O)N1CCN(c2ccc(CN(C(=O)C=Cc3ccc(C(F)(F)F)nc3)[C@@H](Cc3ccccc3)C(=O)N(C)CCOCc3ccncc3)cc2)CC1. The summed E-state index contributed by atoms with van der Waals surface area (Å²) in [6, 6.07) is 22.0. The van der Waals surface area contributed by atoms with Crippen LogP contribution < -0.4 is 4.90 Å². The number of halogens is 3. The van der Waals surface area contributed by atoms with Gasteiger partial charge < -0.3 is 24.3 Å². The molecule has 1 aliphatic heterocycles. The van der Waals surface area contributed by atoms with Crippen molar-refractivity contribution in [2.45, 2.75) is 38.7 Å². The third kappa shape index (κ3) is 11.2. The van der Waals surface area contributed by atoms with Gasteiger partial charge in [-0.3, -0.25) is 24.4 Å². The Balaban J connectivity index is 1.38. The van der Waals surface area contributed by atoms with E-state index in [0.29, 0.717) is 38.3 Å². The van der Waals surface area contributed by atoms with Crippen molar-refractivity contribution in [2.75, 3.05) is 51.3 Å². The lowest BCUT2D eigenvalue weighted by atomic mass is 10.0. The van der Waals surface area contributed by atoms with Crippen LogP contribution in [0.5, 0.6) is 0 Å². The van der Waals surface area contributed by atoms with Gasteiger partial charge in [0.1, 0.15) is 11.7 Å². The molecule has 0 aliphatic carbocycles. The van der Waals surface area contributed by atoms with E-state index in [4.69, 9.17) is 4.74 Å². The smallest absolute Gasteiger partial charge is 0.375 e. The Morgan fingerprint density at radius 2 is 1.58 bits per heavy atom. The van der Waals surface area contributed by atoms with Gasteiger partial charge in [-0.15, -0.1) is 0 Å². The predicted octanol–water partition coefficient (Wildman–Crippen LogP) is 5.49. The van der Waals surface area contributed by atoms with E-state index in [0.717, 1.165) is 34.6 Å². The van der Waals surface area contributed by atoms with Crippen molar-refractivity contribution < 1.29 is 32.3 Å². The Labute approximate surface area is 307 Å². The Morgan fingerprint density at radius 1 is 0.887 bits per heavy atom. The van der Waals surface area contributed by atoms with E-state index in [9.17, 15) is 27.6 Å². The maximum Gasteiger partial charge on any atom is 0.433 e. The first-order valence-electron chi connectivity index (χ1n) is 17.3. The molecule has 4 aromatic rings. The highest BCUT2D eigenvalue weighted by Gasteiger charge is 2.33. The second-order valence-corrected chi connectivity index (χ2v) is 12.8. The molecule has 1 atom stereocenters. The molecule has 1 aliphatic rings. The third-order valence-corrected chi connectivity index (χ3v) is 9.06. The molecule has 10 nitrogen and oxygen atoms in total. The number of hydrogen-bond donors (Lipinski definition) is 0. The first-order valence-corrected chi connectivity index (χ1v) is 17.3. The van der Waals surface area contributed by atoms with E-state index in [2.05, 4.69) is 14.9 Å². The molecule has 2 aromatic carbocycles. The zero-order valence-corrected chi connectivity index (χ0v) is 29.8. The third-order valence-electron chi connectivity index (χ3n) is 9.06. The Kier molecular flexibility index (Phi) is 13.3. The highest BCUT2D eigenvalue weighted by Crippen LogP contribution is 2.27. The fraction of sp³-hybridized carbons (Fsp3) is 0.325. The monoisotopic (exact) mass is 728 g/mol. The molecule has 0 radical (unpaired) electrons. The summed E-state index contributed by atoms with van der Waals surface area (Å²) < 4.78 is 45.1. The number of likely N-dealkylation sites (N-methyl/N-ethyl adjacent to an activating group) is 1. The molecular weight excluding hydrogens is 685 g/mol. The molecule has 1 fully saturated rings. The van der Waals surface area contributed by atoms with Crippen molar-refractivity contribution >= 4 is 29.5 Å². The number of nitrogens with zero attached hydrogens (tertiary/aromatic N) is 6. The van der Waals surface area contributed by atoms with Gasteiger partial charge in [0.25, 0.3) is 0 Å². The second-order valence-electron chi connectivity index (χ2n) is 12.8. The summed E-state index contributed by atoms with van der Waals surface area (Å²) in [6.07, 6.45) is 2.71. The minimum atomic E-state index is -4.59. The van der Waals surface area contributed by atoms with Crippen molar-refractivity contribution in [1.29, 1.82) is 0 Å². The van der Waals surface area contributed by atoms with Crippen molar-refractivity contribution in [3.8, 4) is 0 Å². The summed E-state index contributed by atoms with van der Waals surface area (Å²) in [6.45, 7) is 5.20. The lowest BCUT2D eigenvalue weighted by Gasteiger charge is -2.36. The van der Waals surface area contributed by atoms with E-state index >= 15 is 0 Å². The first-order chi connectivity index (χ1) is 25.5. The molecule has 3 amide bonds. The summed E-state index contributed by atoms with van der Waals surface area (Å²) in [5, 5.41) is 0. The standard InChI is InChI=1S/C40H43F3N6O4/c1-30(50)47-20-22-48(23-21-47)35-12-8-33(9-13-35)28-49(38(51)15-11-32-10-14-37(45-27-32)40(41,42)43)36(26-31-6-4-3-5-7-31)39(52)46(2)24-25-53-29-34-16-18-44-19-17-34/h3-19,27,36H,20-26,28-29H2,1-2H3/t36-/m0/s1. The van der Waals surface area contributed by atoms with Gasteiger partial charge >= 0.3 is 6.18 Å². The zero-order chi connectivity index (χ0) is 37.8. The number of rotatable bonds is 14. The van der Waals surface area contributed by atoms with Gasteiger partial charge in [0, 0.05) is 90.0 Å². The van der Waals surface area contributed by atoms with Gasteiger partial charge in [0.15, 0.2) is 0 Å². The van der Waals surface area contributed by atoms with Crippen molar-refractivity contribution in [2.24, 2.45) is 0 Å². The summed E-state index contributed by atoms with van der Waals surface area (Å²) in [7, 11) is 1.67. The van der Waals surface area contributed by atoms with Gasteiger partial charge in [-0.2, -0.15) is 13.2 Å². The van der Waals surface area contributed by atoms with Crippen LogP contribution in [0.3, 0.4) is 0 Å². The van der Waals surface area contributed by atoms with Crippen molar-refractivity contribution in [3.63, 3.8) is 0 Å². The van der Waals surface area contributed by atoms with Crippen LogP contribution in [-0.2, 0) is 44.9 Å². The summed E-state index contributed by atoms with van der Waals surface area (Å²) in [5.74, 6) is -0.735. The maximum atomic E-state index is 14.3.